The number of nitrogens with one attached hydrogen (secondary N) is 1. The Morgan fingerprint density at radius 2 is 2.33 bits per heavy atom. The van der Waals surface area contributed by atoms with E-state index in [1.165, 1.54) is 0 Å². The molecule has 0 amide bonds. The summed E-state index contributed by atoms with van der Waals surface area (Å²) in [5.41, 5.74) is 1.83. The van der Waals surface area contributed by atoms with Gasteiger partial charge in [0.2, 0.25) is 5.95 Å². The second-order valence-electron chi connectivity index (χ2n) is 3.16. The van der Waals surface area contributed by atoms with Gasteiger partial charge in [0, 0.05) is 25.4 Å². The Morgan fingerprint density at radius 3 is 2.87 bits per heavy atom. The van der Waals surface area contributed by atoms with E-state index in [0.717, 1.165) is 17.7 Å². The number of aryl methyl sites for hydroxylation is 2. The fourth-order valence-electron chi connectivity index (χ4n) is 1.32. The zero-order chi connectivity index (χ0) is 11.3. The molecule has 1 rings (SSSR count). The number of carboxylic acids is 1. The topological polar surface area (TPSA) is 75.1 Å². The maximum absolute atomic E-state index is 10.4. The molecule has 0 saturated carbocycles. The largest absolute Gasteiger partial charge is 0.481 e. The van der Waals surface area contributed by atoms with Crippen LogP contribution in [-0.4, -0.2) is 28.1 Å². The highest BCUT2D eigenvalue weighted by atomic mass is 16.4. The van der Waals surface area contributed by atoms with Crippen LogP contribution in [0.15, 0.2) is 6.20 Å². The van der Waals surface area contributed by atoms with Gasteiger partial charge in [0.15, 0.2) is 0 Å². The summed E-state index contributed by atoms with van der Waals surface area (Å²) in [5.74, 6) is -0.222. The maximum atomic E-state index is 10.4. The Labute approximate surface area is 88.6 Å². The average molecular weight is 209 g/mol. The SMILES string of the molecule is CCc1nc(NC)ncc1CCC(=O)O. The van der Waals surface area contributed by atoms with E-state index in [0.29, 0.717) is 12.4 Å². The van der Waals surface area contributed by atoms with Crippen LogP contribution < -0.4 is 5.32 Å². The molecule has 0 aliphatic rings. The number of rotatable bonds is 5. The third-order valence-corrected chi connectivity index (χ3v) is 2.12. The fraction of sp³-hybridized carbons (Fsp3) is 0.500. The summed E-state index contributed by atoms with van der Waals surface area (Å²) in [4.78, 5) is 18.8. The van der Waals surface area contributed by atoms with Gasteiger partial charge in [0.05, 0.1) is 0 Å². The van der Waals surface area contributed by atoms with Crippen LogP contribution in [-0.2, 0) is 17.6 Å². The van der Waals surface area contributed by atoms with E-state index in [1.54, 1.807) is 13.2 Å². The number of hydrogen-bond acceptors (Lipinski definition) is 4. The lowest BCUT2D eigenvalue weighted by Crippen LogP contribution is -2.05. The van der Waals surface area contributed by atoms with Gasteiger partial charge in [-0.05, 0) is 18.4 Å². The Morgan fingerprint density at radius 1 is 1.60 bits per heavy atom. The molecule has 0 bridgehead atoms. The average Bonchev–Trinajstić information content (AvgIpc) is 2.25. The van der Waals surface area contributed by atoms with Gasteiger partial charge < -0.3 is 10.4 Å². The smallest absolute Gasteiger partial charge is 0.303 e. The third-order valence-electron chi connectivity index (χ3n) is 2.12. The molecule has 0 aliphatic heterocycles. The molecule has 0 aromatic carbocycles. The first kappa shape index (κ1) is 11.4. The van der Waals surface area contributed by atoms with E-state index in [1.807, 2.05) is 6.92 Å². The van der Waals surface area contributed by atoms with Gasteiger partial charge in [-0.15, -0.1) is 0 Å². The van der Waals surface area contributed by atoms with Crippen LogP contribution in [0.4, 0.5) is 5.95 Å². The highest BCUT2D eigenvalue weighted by molar-refractivity contribution is 5.67. The molecular formula is C10H15N3O2. The summed E-state index contributed by atoms with van der Waals surface area (Å²) in [6.45, 7) is 1.99. The first-order chi connectivity index (χ1) is 7.17. The number of aromatic nitrogens is 2. The molecule has 2 N–H and O–H groups in total. The molecule has 0 unspecified atom stereocenters. The van der Waals surface area contributed by atoms with Crippen LogP contribution in [0.3, 0.4) is 0 Å². The second-order valence-corrected chi connectivity index (χ2v) is 3.16. The molecule has 1 aromatic rings. The molecule has 5 heteroatoms. The molecule has 1 aromatic heterocycles. The number of aliphatic carboxylic acids is 1. The van der Waals surface area contributed by atoms with Gasteiger partial charge in [-0.25, -0.2) is 9.97 Å². The Balaban J connectivity index is 2.82. The zero-order valence-electron chi connectivity index (χ0n) is 8.95. The van der Waals surface area contributed by atoms with Crippen molar-refractivity contribution >= 4 is 11.9 Å². The predicted molar refractivity (Wildman–Crippen MR) is 56.9 cm³/mol. The molecule has 0 aliphatic carbocycles. The van der Waals surface area contributed by atoms with Crippen molar-refractivity contribution in [2.45, 2.75) is 26.2 Å². The van der Waals surface area contributed by atoms with Gasteiger partial charge in [-0.1, -0.05) is 6.92 Å². The summed E-state index contributed by atoms with van der Waals surface area (Å²) in [6.07, 6.45) is 3.09. The van der Waals surface area contributed by atoms with Crippen molar-refractivity contribution in [3.8, 4) is 0 Å². The van der Waals surface area contributed by atoms with Crippen LogP contribution >= 0.6 is 0 Å². The molecule has 15 heavy (non-hydrogen) atoms. The third kappa shape index (κ3) is 3.19. The molecule has 0 spiro atoms. The first-order valence-corrected chi connectivity index (χ1v) is 4.91. The summed E-state index contributed by atoms with van der Waals surface area (Å²) in [6, 6.07) is 0. The minimum Gasteiger partial charge on any atom is -0.481 e. The molecular weight excluding hydrogens is 194 g/mol. The lowest BCUT2D eigenvalue weighted by atomic mass is 10.1. The normalized spacial score (nSPS) is 10.0. The highest BCUT2D eigenvalue weighted by Crippen LogP contribution is 2.10. The van der Waals surface area contributed by atoms with Gasteiger partial charge >= 0.3 is 5.97 Å². The highest BCUT2D eigenvalue weighted by Gasteiger charge is 2.06. The van der Waals surface area contributed by atoms with Crippen molar-refractivity contribution in [3.05, 3.63) is 17.5 Å². The lowest BCUT2D eigenvalue weighted by molar-refractivity contribution is -0.136. The number of nitrogens with zero attached hydrogens (tertiary/aromatic N) is 2. The van der Waals surface area contributed by atoms with Crippen molar-refractivity contribution in [2.24, 2.45) is 0 Å². The van der Waals surface area contributed by atoms with E-state index in [-0.39, 0.29) is 6.42 Å². The molecule has 0 radical (unpaired) electrons. The van der Waals surface area contributed by atoms with Gasteiger partial charge in [-0.2, -0.15) is 0 Å². The van der Waals surface area contributed by atoms with E-state index >= 15 is 0 Å². The monoisotopic (exact) mass is 209 g/mol. The summed E-state index contributed by atoms with van der Waals surface area (Å²) >= 11 is 0. The van der Waals surface area contributed by atoms with E-state index in [4.69, 9.17) is 5.11 Å². The van der Waals surface area contributed by atoms with E-state index in [2.05, 4.69) is 15.3 Å². The lowest BCUT2D eigenvalue weighted by Gasteiger charge is -2.06. The number of anilines is 1. The van der Waals surface area contributed by atoms with Crippen molar-refractivity contribution < 1.29 is 9.90 Å². The van der Waals surface area contributed by atoms with Crippen LogP contribution in [0.25, 0.3) is 0 Å². The molecule has 0 atom stereocenters. The predicted octanol–water partition coefficient (Wildman–Crippen LogP) is 1.10. The number of hydrogen-bond donors (Lipinski definition) is 2. The molecule has 5 nitrogen and oxygen atoms in total. The molecule has 82 valence electrons. The summed E-state index contributed by atoms with van der Waals surface area (Å²) in [5, 5.41) is 11.4. The quantitative estimate of drug-likeness (QED) is 0.759. The Kier molecular flexibility index (Phi) is 4.03. The number of carbonyl (C=O) groups is 1. The van der Waals surface area contributed by atoms with Gasteiger partial charge in [0.1, 0.15) is 0 Å². The van der Waals surface area contributed by atoms with Crippen LogP contribution in [0.1, 0.15) is 24.6 Å². The maximum Gasteiger partial charge on any atom is 0.303 e. The summed E-state index contributed by atoms with van der Waals surface area (Å²) in [7, 11) is 1.76. The summed E-state index contributed by atoms with van der Waals surface area (Å²) < 4.78 is 0. The van der Waals surface area contributed by atoms with Crippen molar-refractivity contribution in [1.82, 2.24) is 9.97 Å². The molecule has 0 saturated heterocycles. The second kappa shape index (κ2) is 5.29. The first-order valence-electron chi connectivity index (χ1n) is 4.91. The number of carboxylic acid groups (broad SMARTS) is 1. The van der Waals surface area contributed by atoms with Crippen molar-refractivity contribution in [2.75, 3.05) is 12.4 Å². The fourth-order valence-corrected chi connectivity index (χ4v) is 1.32. The minimum absolute atomic E-state index is 0.120. The molecule has 0 fully saturated rings. The Bertz CT molecular complexity index is 353. The van der Waals surface area contributed by atoms with E-state index < -0.39 is 5.97 Å². The Hall–Kier alpha value is -1.65. The standard InChI is InChI=1S/C10H15N3O2/c1-3-8-7(4-5-9(14)15)6-12-10(11-2)13-8/h6H,3-5H2,1-2H3,(H,14,15)(H,11,12,13). The van der Waals surface area contributed by atoms with Gasteiger partial charge in [0.25, 0.3) is 0 Å². The zero-order valence-corrected chi connectivity index (χ0v) is 8.95. The molecule has 1 heterocycles. The van der Waals surface area contributed by atoms with Crippen molar-refractivity contribution in [1.29, 1.82) is 0 Å². The minimum atomic E-state index is -0.797. The van der Waals surface area contributed by atoms with Crippen LogP contribution in [0.2, 0.25) is 0 Å². The van der Waals surface area contributed by atoms with Crippen LogP contribution in [0, 0.1) is 0 Å². The van der Waals surface area contributed by atoms with E-state index in [9.17, 15) is 4.79 Å². The van der Waals surface area contributed by atoms with Crippen LogP contribution in [0.5, 0.6) is 0 Å². The van der Waals surface area contributed by atoms with Crippen molar-refractivity contribution in [3.63, 3.8) is 0 Å². The van der Waals surface area contributed by atoms with Gasteiger partial charge in [-0.3, -0.25) is 4.79 Å².